The Labute approximate surface area is 101 Å². The minimum absolute atomic E-state index is 0.0696. The summed E-state index contributed by atoms with van der Waals surface area (Å²) in [6, 6.07) is 1.79. The van der Waals surface area contributed by atoms with Crippen LogP contribution in [-0.4, -0.2) is 40.6 Å². The summed E-state index contributed by atoms with van der Waals surface area (Å²) in [7, 11) is 0. The number of carbonyl (C=O) groups excluding carboxylic acids is 1. The van der Waals surface area contributed by atoms with Crippen molar-refractivity contribution in [3.8, 4) is 0 Å². The van der Waals surface area contributed by atoms with Gasteiger partial charge in [0.25, 0.3) is 5.91 Å². The first-order chi connectivity index (χ1) is 8.26. The van der Waals surface area contributed by atoms with Gasteiger partial charge in [0, 0.05) is 43.6 Å². The van der Waals surface area contributed by atoms with Crippen LogP contribution in [0.2, 0.25) is 0 Å². The maximum atomic E-state index is 12.3. The molecule has 1 aromatic heterocycles. The average molecular weight is 234 g/mol. The first-order valence-electron chi connectivity index (χ1n) is 6.09. The van der Waals surface area contributed by atoms with Gasteiger partial charge in [0.05, 0.1) is 0 Å². The average Bonchev–Trinajstić information content (AvgIpc) is 2.86. The quantitative estimate of drug-likeness (QED) is 0.852. The third-order valence-corrected chi connectivity index (χ3v) is 3.35. The van der Waals surface area contributed by atoms with Gasteiger partial charge in [-0.3, -0.25) is 9.78 Å². The number of amides is 1. The lowest BCUT2D eigenvalue weighted by molar-refractivity contribution is 0.0780. The number of carbonyl (C=O) groups is 1. The van der Waals surface area contributed by atoms with E-state index in [-0.39, 0.29) is 18.4 Å². The molecule has 0 bridgehead atoms. The van der Waals surface area contributed by atoms with Crippen LogP contribution in [0.1, 0.15) is 29.3 Å². The van der Waals surface area contributed by atoms with Crippen LogP contribution < -0.4 is 0 Å². The molecule has 1 unspecified atom stereocenters. The van der Waals surface area contributed by atoms with E-state index in [1.54, 1.807) is 18.5 Å². The van der Waals surface area contributed by atoms with Gasteiger partial charge in [-0.15, -0.1) is 0 Å². The highest BCUT2D eigenvalue weighted by Crippen LogP contribution is 2.19. The number of rotatable bonds is 3. The summed E-state index contributed by atoms with van der Waals surface area (Å²) >= 11 is 0. The van der Waals surface area contributed by atoms with Gasteiger partial charge >= 0.3 is 0 Å². The first-order valence-corrected chi connectivity index (χ1v) is 6.09. The molecule has 1 fully saturated rings. The van der Waals surface area contributed by atoms with Crippen molar-refractivity contribution in [3.05, 3.63) is 29.6 Å². The van der Waals surface area contributed by atoms with Crippen LogP contribution in [0.15, 0.2) is 18.5 Å². The Morgan fingerprint density at radius 1 is 1.65 bits per heavy atom. The van der Waals surface area contributed by atoms with Gasteiger partial charge in [0.15, 0.2) is 0 Å². The largest absolute Gasteiger partial charge is 0.396 e. The molecule has 1 N–H and O–H groups in total. The summed E-state index contributed by atoms with van der Waals surface area (Å²) in [5.74, 6) is 0.311. The minimum Gasteiger partial charge on any atom is -0.396 e. The topological polar surface area (TPSA) is 53.4 Å². The molecule has 1 atom stereocenters. The molecule has 4 heteroatoms. The molecule has 1 amide bonds. The lowest BCUT2D eigenvalue weighted by Crippen LogP contribution is -2.30. The Balaban J connectivity index is 2.15. The molecule has 92 valence electrons. The third kappa shape index (κ3) is 2.47. The van der Waals surface area contributed by atoms with E-state index in [0.717, 1.165) is 30.5 Å². The molecule has 1 aromatic rings. The van der Waals surface area contributed by atoms with Crippen molar-refractivity contribution in [3.63, 3.8) is 0 Å². The Morgan fingerprint density at radius 3 is 3.12 bits per heavy atom. The van der Waals surface area contributed by atoms with Gasteiger partial charge < -0.3 is 10.0 Å². The zero-order chi connectivity index (χ0) is 12.3. The van der Waals surface area contributed by atoms with Crippen LogP contribution in [-0.2, 0) is 6.42 Å². The molecule has 4 nitrogen and oxygen atoms in total. The molecule has 0 aromatic carbocycles. The van der Waals surface area contributed by atoms with Crippen LogP contribution in [0, 0.1) is 5.92 Å². The number of hydrogen-bond acceptors (Lipinski definition) is 3. The smallest absolute Gasteiger partial charge is 0.254 e. The summed E-state index contributed by atoms with van der Waals surface area (Å²) in [6.07, 6.45) is 5.12. The van der Waals surface area contributed by atoms with Gasteiger partial charge in [-0.2, -0.15) is 0 Å². The monoisotopic (exact) mass is 234 g/mol. The fourth-order valence-corrected chi connectivity index (χ4v) is 2.25. The van der Waals surface area contributed by atoms with Gasteiger partial charge in [-0.25, -0.2) is 0 Å². The number of hydrogen-bond donors (Lipinski definition) is 1. The van der Waals surface area contributed by atoms with Gasteiger partial charge in [0.2, 0.25) is 0 Å². The third-order valence-electron chi connectivity index (χ3n) is 3.35. The van der Waals surface area contributed by atoms with Crippen molar-refractivity contribution in [2.75, 3.05) is 19.7 Å². The molecule has 0 spiro atoms. The normalized spacial score (nSPS) is 19.6. The van der Waals surface area contributed by atoms with Gasteiger partial charge in [0.1, 0.15) is 0 Å². The number of likely N-dealkylation sites (tertiary alicyclic amines) is 1. The van der Waals surface area contributed by atoms with E-state index in [1.807, 2.05) is 11.8 Å². The van der Waals surface area contributed by atoms with Crippen molar-refractivity contribution in [2.45, 2.75) is 19.8 Å². The summed E-state index contributed by atoms with van der Waals surface area (Å²) in [5, 5.41) is 9.09. The molecule has 1 aliphatic rings. The Bertz CT molecular complexity index is 406. The molecule has 1 saturated heterocycles. The summed E-state index contributed by atoms with van der Waals surface area (Å²) in [4.78, 5) is 18.2. The van der Waals surface area contributed by atoms with Crippen molar-refractivity contribution in [2.24, 2.45) is 5.92 Å². The number of nitrogens with zero attached hydrogens (tertiary/aromatic N) is 2. The SMILES string of the molecule is CCc1cnccc1C(=O)N1CCC(CO)C1. The predicted octanol–water partition coefficient (Wildman–Crippen LogP) is 1.10. The molecule has 0 aliphatic carbocycles. The molecule has 1 aliphatic heterocycles. The van der Waals surface area contributed by atoms with Crippen molar-refractivity contribution in [1.29, 1.82) is 0 Å². The van der Waals surface area contributed by atoms with E-state index in [2.05, 4.69) is 4.98 Å². The summed E-state index contributed by atoms with van der Waals surface area (Å²) in [5.41, 5.74) is 1.74. The maximum Gasteiger partial charge on any atom is 0.254 e. The molecular formula is C13H18N2O2. The molecule has 0 saturated carbocycles. The van der Waals surface area contributed by atoms with E-state index >= 15 is 0 Å². The second kappa shape index (κ2) is 5.27. The van der Waals surface area contributed by atoms with Crippen molar-refractivity contribution in [1.82, 2.24) is 9.88 Å². The Hall–Kier alpha value is -1.42. The number of aliphatic hydroxyl groups excluding tert-OH is 1. The molecule has 17 heavy (non-hydrogen) atoms. The first kappa shape index (κ1) is 12.0. The van der Waals surface area contributed by atoms with Crippen LogP contribution in [0.5, 0.6) is 0 Å². The molecule has 2 heterocycles. The van der Waals surface area contributed by atoms with E-state index < -0.39 is 0 Å². The van der Waals surface area contributed by atoms with Crippen molar-refractivity contribution < 1.29 is 9.90 Å². The van der Waals surface area contributed by atoms with Crippen molar-refractivity contribution >= 4 is 5.91 Å². The highest BCUT2D eigenvalue weighted by molar-refractivity contribution is 5.95. The predicted molar refractivity (Wildman–Crippen MR) is 64.7 cm³/mol. The van der Waals surface area contributed by atoms with E-state index in [4.69, 9.17) is 5.11 Å². The lowest BCUT2D eigenvalue weighted by atomic mass is 10.1. The van der Waals surface area contributed by atoms with E-state index in [9.17, 15) is 4.79 Å². The molecular weight excluding hydrogens is 216 g/mol. The Kier molecular flexibility index (Phi) is 3.74. The standard InChI is InChI=1S/C13H18N2O2/c1-2-11-7-14-5-3-12(11)13(17)15-6-4-10(8-15)9-16/h3,5,7,10,16H,2,4,6,8-9H2,1H3. The van der Waals surface area contributed by atoms with Crippen LogP contribution >= 0.6 is 0 Å². The van der Waals surface area contributed by atoms with E-state index in [0.29, 0.717) is 6.54 Å². The highest BCUT2D eigenvalue weighted by Gasteiger charge is 2.27. The fourth-order valence-electron chi connectivity index (χ4n) is 2.25. The Morgan fingerprint density at radius 2 is 2.47 bits per heavy atom. The van der Waals surface area contributed by atoms with Crippen LogP contribution in [0.4, 0.5) is 0 Å². The minimum atomic E-state index is 0.0696. The summed E-state index contributed by atoms with van der Waals surface area (Å²) in [6.45, 7) is 3.60. The molecule has 2 rings (SSSR count). The second-order valence-electron chi connectivity index (χ2n) is 4.47. The highest BCUT2D eigenvalue weighted by atomic mass is 16.3. The number of pyridine rings is 1. The molecule has 0 radical (unpaired) electrons. The van der Waals surface area contributed by atoms with Gasteiger partial charge in [-0.05, 0) is 24.5 Å². The number of aromatic nitrogens is 1. The summed E-state index contributed by atoms with van der Waals surface area (Å²) < 4.78 is 0. The maximum absolute atomic E-state index is 12.3. The number of aryl methyl sites for hydroxylation is 1. The van der Waals surface area contributed by atoms with Crippen LogP contribution in [0.25, 0.3) is 0 Å². The lowest BCUT2D eigenvalue weighted by Gasteiger charge is -2.17. The second-order valence-corrected chi connectivity index (χ2v) is 4.47. The fraction of sp³-hybridized carbons (Fsp3) is 0.538. The zero-order valence-corrected chi connectivity index (χ0v) is 10.1. The van der Waals surface area contributed by atoms with E-state index in [1.165, 1.54) is 0 Å². The van der Waals surface area contributed by atoms with Gasteiger partial charge in [-0.1, -0.05) is 6.92 Å². The number of aliphatic hydroxyl groups is 1. The van der Waals surface area contributed by atoms with Crippen LogP contribution in [0.3, 0.4) is 0 Å². The zero-order valence-electron chi connectivity index (χ0n) is 10.1.